The van der Waals surface area contributed by atoms with Crippen LogP contribution in [0.3, 0.4) is 0 Å². The van der Waals surface area contributed by atoms with Gasteiger partial charge >= 0.3 is 0 Å². The number of halogens is 1. The molecule has 1 aromatic carbocycles. The monoisotopic (exact) mass is 226 g/mol. The normalized spacial score (nSPS) is 33.3. The molecular formula is C10H11BrO. The van der Waals surface area contributed by atoms with Gasteiger partial charge in [-0.25, -0.2) is 0 Å². The molecular weight excluding hydrogens is 216 g/mol. The van der Waals surface area contributed by atoms with Gasteiger partial charge in [-0.1, -0.05) is 46.3 Å². The van der Waals surface area contributed by atoms with E-state index in [-0.39, 0.29) is 6.61 Å². The second kappa shape index (κ2) is 3.19. The Morgan fingerprint density at radius 1 is 1.25 bits per heavy atom. The lowest BCUT2D eigenvalue weighted by Crippen LogP contribution is -1.88. The molecule has 0 saturated heterocycles. The molecule has 1 nitrogen and oxygen atoms in total. The molecule has 0 unspecified atom stereocenters. The topological polar surface area (TPSA) is 20.2 Å². The molecule has 1 N–H and O–H groups in total. The lowest BCUT2D eigenvalue weighted by atomic mass is 10.1. The summed E-state index contributed by atoms with van der Waals surface area (Å²) in [7, 11) is 0. The molecule has 0 amide bonds. The van der Waals surface area contributed by atoms with Gasteiger partial charge in [-0.2, -0.15) is 0 Å². The summed E-state index contributed by atoms with van der Waals surface area (Å²) in [5, 5.41) is 8.98. The molecule has 0 radical (unpaired) electrons. The van der Waals surface area contributed by atoms with E-state index >= 15 is 0 Å². The quantitative estimate of drug-likeness (QED) is 0.767. The summed E-state index contributed by atoms with van der Waals surface area (Å²) in [6.07, 6.45) is 0. The number of benzene rings is 1. The molecule has 0 spiro atoms. The summed E-state index contributed by atoms with van der Waals surface area (Å²) in [6.45, 7) is 0.287. The van der Waals surface area contributed by atoms with E-state index in [1.165, 1.54) is 5.56 Å². The smallest absolute Gasteiger partial charge is 0.0476 e. The molecule has 0 aliphatic heterocycles. The van der Waals surface area contributed by atoms with Gasteiger partial charge in [-0.3, -0.25) is 0 Å². The fraction of sp³-hybridized carbons (Fsp3) is 0.400. The second-order valence-corrected chi connectivity index (χ2v) is 4.28. The number of rotatable bonds is 2. The summed E-state index contributed by atoms with van der Waals surface area (Å²) in [5.41, 5.74) is 1.33. The standard InChI is InChI=1S/C10H11BrO/c11-10-8(6-12)9(10)7-4-2-1-3-5-7/h1-5,8-10,12H,6H2/t8-,9-,10+/m1/s1. The number of hydrogen-bond donors (Lipinski definition) is 1. The number of hydrogen-bond acceptors (Lipinski definition) is 1. The highest BCUT2D eigenvalue weighted by Gasteiger charge is 2.48. The zero-order valence-corrected chi connectivity index (χ0v) is 8.24. The molecule has 0 bridgehead atoms. The van der Waals surface area contributed by atoms with E-state index in [1.807, 2.05) is 18.2 Å². The Balaban J connectivity index is 2.14. The first-order chi connectivity index (χ1) is 5.84. The fourth-order valence-electron chi connectivity index (χ4n) is 1.65. The Kier molecular flexibility index (Phi) is 2.20. The summed E-state index contributed by atoms with van der Waals surface area (Å²) in [6, 6.07) is 10.3. The minimum atomic E-state index is 0.287. The maximum atomic E-state index is 8.98. The molecule has 64 valence electrons. The highest BCUT2D eigenvalue weighted by atomic mass is 79.9. The Hall–Kier alpha value is -0.340. The molecule has 2 rings (SSSR count). The predicted molar refractivity (Wildman–Crippen MR) is 52.5 cm³/mol. The van der Waals surface area contributed by atoms with Crippen molar-refractivity contribution in [3.8, 4) is 0 Å². The van der Waals surface area contributed by atoms with Crippen LogP contribution >= 0.6 is 15.9 Å². The molecule has 1 aliphatic rings. The summed E-state index contributed by atoms with van der Waals surface area (Å²) < 4.78 is 0. The molecule has 1 aromatic rings. The van der Waals surface area contributed by atoms with E-state index in [2.05, 4.69) is 28.1 Å². The van der Waals surface area contributed by atoms with Crippen LogP contribution in [-0.2, 0) is 0 Å². The Bertz CT molecular complexity index is 260. The molecule has 0 aromatic heterocycles. The number of alkyl halides is 1. The molecule has 0 heterocycles. The SMILES string of the molecule is OC[C@H]1[C@H](Br)[C@@H]1c1ccccc1. The first-order valence-electron chi connectivity index (χ1n) is 4.14. The van der Waals surface area contributed by atoms with Crippen molar-refractivity contribution in [1.29, 1.82) is 0 Å². The Morgan fingerprint density at radius 3 is 2.42 bits per heavy atom. The van der Waals surface area contributed by atoms with E-state index in [9.17, 15) is 0 Å². The summed E-state index contributed by atoms with van der Waals surface area (Å²) in [4.78, 5) is 0.477. The van der Waals surface area contributed by atoms with Crippen molar-refractivity contribution < 1.29 is 5.11 Å². The van der Waals surface area contributed by atoms with E-state index in [1.54, 1.807) is 0 Å². The van der Waals surface area contributed by atoms with Crippen molar-refractivity contribution in [2.75, 3.05) is 6.61 Å². The van der Waals surface area contributed by atoms with Crippen LogP contribution in [0.1, 0.15) is 11.5 Å². The molecule has 2 heteroatoms. The first-order valence-corrected chi connectivity index (χ1v) is 5.06. The number of aliphatic hydroxyl groups is 1. The van der Waals surface area contributed by atoms with Crippen molar-refractivity contribution >= 4 is 15.9 Å². The third-order valence-corrected chi connectivity index (χ3v) is 3.72. The van der Waals surface area contributed by atoms with Crippen molar-refractivity contribution in [3.63, 3.8) is 0 Å². The number of aliphatic hydroxyl groups excluding tert-OH is 1. The van der Waals surface area contributed by atoms with Crippen LogP contribution in [0.15, 0.2) is 30.3 Å². The average molecular weight is 227 g/mol. The van der Waals surface area contributed by atoms with E-state index in [0.29, 0.717) is 16.7 Å². The van der Waals surface area contributed by atoms with E-state index in [0.717, 1.165) is 0 Å². The summed E-state index contributed by atoms with van der Waals surface area (Å²) in [5.74, 6) is 0.948. The van der Waals surface area contributed by atoms with Gasteiger partial charge in [0.15, 0.2) is 0 Å². The fourth-order valence-corrected chi connectivity index (χ4v) is 2.67. The van der Waals surface area contributed by atoms with Gasteiger partial charge in [-0.15, -0.1) is 0 Å². The van der Waals surface area contributed by atoms with E-state index in [4.69, 9.17) is 5.11 Å². The van der Waals surface area contributed by atoms with Crippen molar-refractivity contribution in [3.05, 3.63) is 35.9 Å². The molecule has 3 atom stereocenters. The maximum Gasteiger partial charge on any atom is 0.0476 e. The Morgan fingerprint density at radius 2 is 1.92 bits per heavy atom. The van der Waals surface area contributed by atoms with Crippen molar-refractivity contribution in [2.24, 2.45) is 5.92 Å². The third-order valence-electron chi connectivity index (χ3n) is 2.47. The lowest BCUT2D eigenvalue weighted by molar-refractivity contribution is 0.274. The maximum absolute atomic E-state index is 8.98. The minimum absolute atomic E-state index is 0.287. The predicted octanol–water partition coefficient (Wildman–Crippen LogP) is 2.16. The average Bonchev–Trinajstić information content (AvgIpc) is 2.78. The van der Waals surface area contributed by atoms with Crippen LogP contribution in [0.2, 0.25) is 0 Å². The highest BCUT2D eigenvalue weighted by molar-refractivity contribution is 9.09. The minimum Gasteiger partial charge on any atom is -0.396 e. The van der Waals surface area contributed by atoms with Gasteiger partial charge < -0.3 is 5.11 Å². The van der Waals surface area contributed by atoms with Crippen LogP contribution < -0.4 is 0 Å². The van der Waals surface area contributed by atoms with Crippen LogP contribution in [0, 0.1) is 5.92 Å². The first kappa shape index (κ1) is 8.27. The van der Waals surface area contributed by atoms with Crippen LogP contribution in [-0.4, -0.2) is 16.5 Å². The van der Waals surface area contributed by atoms with Gasteiger partial charge in [0, 0.05) is 23.3 Å². The lowest BCUT2D eigenvalue weighted by Gasteiger charge is -1.96. The van der Waals surface area contributed by atoms with Crippen LogP contribution in [0.5, 0.6) is 0 Å². The van der Waals surface area contributed by atoms with E-state index < -0.39 is 0 Å². The highest BCUT2D eigenvalue weighted by Crippen LogP contribution is 2.52. The zero-order valence-electron chi connectivity index (χ0n) is 6.65. The molecule has 1 aliphatic carbocycles. The molecule has 1 saturated carbocycles. The van der Waals surface area contributed by atoms with Gasteiger partial charge in [-0.05, 0) is 5.56 Å². The van der Waals surface area contributed by atoms with Crippen LogP contribution in [0.4, 0.5) is 0 Å². The molecule has 12 heavy (non-hydrogen) atoms. The summed E-state index contributed by atoms with van der Waals surface area (Å²) >= 11 is 3.55. The van der Waals surface area contributed by atoms with Crippen molar-refractivity contribution in [1.82, 2.24) is 0 Å². The van der Waals surface area contributed by atoms with Crippen LogP contribution in [0.25, 0.3) is 0 Å². The zero-order chi connectivity index (χ0) is 8.55. The van der Waals surface area contributed by atoms with Gasteiger partial charge in [0.1, 0.15) is 0 Å². The second-order valence-electron chi connectivity index (χ2n) is 3.23. The van der Waals surface area contributed by atoms with Crippen molar-refractivity contribution in [2.45, 2.75) is 10.7 Å². The molecule has 1 fully saturated rings. The van der Waals surface area contributed by atoms with Gasteiger partial charge in [0.25, 0.3) is 0 Å². The largest absolute Gasteiger partial charge is 0.396 e. The van der Waals surface area contributed by atoms with Gasteiger partial charge in [0.05, 0.1) is 0 Å². The Labute approximate surface area is 80.5 Å². The third kappa shape index (κ3) is 1.29. The van der Waals surface area contributed by atoms with Gasteiger partial charge in [0.2, 0.25) is 0 Å².